The van der Waals surface area contributed by atoms with Crippen LogP contribution in [0.2, 0.25) is 0 Å². The van der Waals surface area contributed by atoms with Crippen LogP contribution in [0.15, 0.2) is 12.2 Å². The van der Waals surface area contributed by atoms with Gasteiger partial charge in [-0.3, -0.25) is 4.79 Å². The lowest BCUT2D eigenvalue weighted by atomic mass is 9.96. The minimum absolute atomic E-state index is 0.144. The van der Waals surface area contributed by atoms with Gasteiger partial charge in [0.2, 0.25) is 0 Å². The molecule has 1 aliphatic rings. The summed E-state index contributed by atoms with van der Waals surface area (Å²) in [5.41, 5.74) is -0.332. The molecule has 0 radical (unpaired) electrons. The number of allylic oxidation sites excluding steroid dienone is 2. The molecule has 2 nitrogen and oxygen atoms in total. The molecular weight excluding hydrogens is 114 g/mol. The van der Waals surface area contributed by atoms with E-state index in [1.54, 1.807) is 6.92 Å². The van der Waals surface area contributed by atoms with Crippen LogP contribution >= 0.6 is 0 Å². The summed E-state index contributed by atoms with van der Waals surface area (Å²) in [4.78, 5) is 10.8. The van der Waals surface area contributed by atoms with Gasteiger partial charge in [-0.05, 0) is 13.1 Å². The molecule has 0 fully saturated rings. The van der Waals surface area contributed by atoms with Crippen LogP contribution in [-0.4, -0.2) is 12.0 Å². The van der Waals surface area contributed by atoms with Crippen LogP contribution in [0.3, 0.4) is 0 Å². The molecule has 0 amide bonds. The van der Waals surface area contributed by atoms with E-state index < -0.39 is 0 Å². The van der Waals surface area contributed by atoms with E-state index in [1.165, 1.54) is 6.21 Å². The normalized spacial score (nSPS) is 19.2. The Bertz CT molecular complexity index is 175. The Labute approximate surface area is 54.1 Å². The Morgan fingerprint density at radius 3 is 2.44 bits per heavy atom. The molecule has 0 aromatic heterocycles. The molecule has 0 aromatic carbocycles. The molecule has 0 unspecified atom stereocenters. The number of nitrogens with one attached hydrogen (secondary N) is 1. The molecule has 0 aromatic rings. The van der Waals surface area contributed by atoms with Crippen molar-refractivity contribution < 1.29 is 4.79 Å². The molecule has 1 rings (SSSR count). The highest BCUT2D eigenvalue weighted by molar-refractivity contribution is 5.93. The van der Waals surface area contributed by atoms with Gasteiger partial charge in [0.05, 0.1) is 5.41 Å². The van der Waals surface area contributed by atoms with E-state index in [1.807, 2.05) is 12.2 Å². The monoisotopic (exact) mass is 123 g/mol. The molecule has 48 valence electrons. The quantitative estimate of drug-likeness (QED) is 0.444. The number of carbonyl (C=O) groups excluding carboxylic acids is 1. The number of hydrogen-bond acceptors (Lipinski definition) is 2. The van der Waals surface area contributed by atoms with Gasteiger partial charge in [0.1, 0.15) is 5.78 Å². The second kappa shape index (κ2) is 1.79. The van der Waals surface area contributed by atoms with E-state index >= 15 is 0 Å². The summed E-state index contributed by atoms with van der Waals surface area (Å²) in [5.74, 6) is 0.144. The van der Waals surface area contributed by atoms with E-state index in [0.717, 1.165) is 0 Å². The third-order valence-corrected chi connectivity index (χ3v) is 1.66. The lowest BCUT2D eigenvalue weighted by Gasteiger charge is -2.05. The van der Waals surface area contributed by atoms with Gasteiger partial charge in [-0.1, -0.05) is 12.2 Å². The zero-order chi connectivity index (χ0) is 6.91. The zero-order valence-electron chi connectivity index (χ0n) is 5.35. The molecule has 0 bridgehead atoms. The average Bonchev–Trinajstić information content (AvgIpc) is 2.49. The fourth-order valence-electron chi connectivity index (χ4n) is 0.784. The first-order valence-corrected chi connectivity index (χ1v) is 2.92. The fraction of sp³-hybridized carbons (Fsp3) is 0.429. The van der Waals surface area contributed by atoms with Crippen LogP contribution in [0.4, 0.5) is 0 Å². The lowest BCUT2D eigenvalue weighted by Crippen LogP contribution is -2.13. The van der Waals surface area contributed by atoms with Crippen LogP contribution in [0, 0.1) is 10.8 Å². The Kier molecular flexibility index (Phi) is 1.24. The number of Topliss-reactive ketones (excluding diaryl/α,β-unsaturated/α-hetero) is 1. The Balaban J connectivity index is 2.53. The molecule has 0 atom stereocenters. The first-order valence-electron chi connectivity index (χ1n) is 2.92. The number of rotatable bonds is 3. The Morgan fingerprint density at radius 2 is 2.33 bits per heavy atom. The Hall–Kier alpha value is -0.920. The summed E-state index contributed by atoms with van der Waals surface area (Å²) < 4.78 is 0. The lowest BCUT2D eigenvalue weighted by molar-refractivity contribution is -0.120. The number of ketones is 1. The van der Waals surface area contributed by atoms with E-state index in [4.69, 9.17) is 5.41 Å². The molecule has 0 saturated carbocycles. The van der Waals surface area contributed by atoms with E-state index in [0.29, 0.717) is 6.42 Å². The molecule has 0 heterocycles. The maximum absolute atomic E-state index is 10.8. The van der Waals surface area contributed by atoms with Crippen molar-refractivity contribution in [2.24, 2.45) is 5.41 Å². The highest BCUT2D eigenvalue weighted by Gasteiger charge is 2.37. The largest absolute Gasteiger partial charge is 0.313 e. The van der Waals surface area contributed by atoms with Gasteiger partial charge in [0.15, 0.2) is 0 Å². The van der Waals surface area contributed by atoms with Crippen molar-refractivity contribution >= 4 is 12.0 Å². The van der Waals surface area contributed by atoms with Crippen molar-refractivity contribution in [3.63, 3.8) is 0 Å². The van der Waals surface area contributed by atoms with E-state index in [9.17, 15) is 4.79 Å². The summed E-state index contributed by atoms with van der Waals surface area (Å²) in [6.07, 6.45) is 5.52. The summed E-state index contributed by atoms with van der Waals surface area (Å²) in [7, 11) is 0. The topological polar surface area (TPSA) is 40.9 Å². The van der Waals surface area contributed by atoms with Crippen LogP contribution in [0.1, 0.15) is 13.3 Å². The molecule has 9 heavy (non-hydrogen) atoms. The van der Waals surface area contributed by atoms with Crippen molar-refractivity contribution in [3.8, 4) is 0 Å². The second-order valence-corrected chi connectivity index (χ2v) is 2.34. The van der Waals surface area contributed by atoms with Gasteiger partial charge in [-0.25, -0.2) is 0 Å². The zero-order valence-corrected chi connectivity index (χ0v) is 5.35. The number of hydrogen-bond donors (Lipinski definition) is 1. The van der Waals surface area contributed by atoms with Gasteiger partial charge in [0.25, 0.3) is 0 Å². The smallest absolute Gasteiger partial charge is 0.143 e. The third-order valence-electron chi connectivity index (χ3n) is 1.66. The summed E-state index contributed by atoms with van der Waals surface area (Å²) in [6.45, 7) is 1.56. The van der Waals surface area contributed by atoms with Gasteiger partial charge in [0, 0.05) is 6.42 Å². The van der Waals surface area contributed by atoms with Crippen LogP contribution in [0.5, 0.6) is 0 Å². The van der Waals surface area contributed by atoms with Crippen molar-refractivity contribution in [1.29, 1.82) is 5.41 Å². The molecule has 2 heteroatoms. The molecular formula is C7H9NO. The maximum Gasteiger partial charge on any atom is 0.143 e. The first-order chi connectivity index (χ1) is 4.21. The second-order valence-electron chi connectivity index (χ2n) is 2.34. The fourth-order valence-corrected chi connectivity index (χ4v) is 0.784. The molecule has 1 N–H and O–H groups in total. The van der Waals surface area contributed by atoms with Crippen molar-refractivity contribution in [2.45, 2.75) is 13.3 Å². The van der Waals surface area contributed by atoms with Crippen molar-refractivity contribution in [3.05, 3.63) is 12.2 Å². The first kappa shape index (κ1) is 6.20. The molecule has 0 aliphatic heterocycles. The van der Waals surface area contributed by atoms with E-state index in [-0.39, 0.29) is 11.2 Å². The molecule has 1 aliphatic carbocycles. The maximum atomic E-state index is 10.8. The predicted octanol–water partition coefficient (Wildman–Crippen LogP) is 1.17. The minimum Gasteiger partial charge on any atom is -0.313 e. The molecule has 0 spiro atoms. The van der Waals surface area contributed by atoms with Crippen LogP contribution in [-0.2, 0) is 4.79 Å². The standard InChI is InChI=1S/C7H9NO/c1-6(9)7(2-3-7)4-5-8/h2-3,5,8H,4H2,1H3. The highest BCUT2D eigenvalue weighted by Crippen LogP contribution is 2.38. The average molecular weight is 123 g/mol. The Morgan fingerprint density at radius 1 is 1.78 bits per heavy atom. The van der Waals surface area contributed by atoms with E-state index in [2.05, 4.69) is 0 Å². The third kappa shape index (κ3) is 0.922. The summed E-state index contributed by atoms with van der Waals surface area (Å²) in [5, 5.41) is 6.77. The van der Waals surface area contributed by atoms with Gasteiger partial charge in [-0.15, -0.1) is 0 Å². The van der Waals surface area contributed by atoms with Crippen molar-refractivity contribution in [2.75, 3.05) is 0 Å². The SMILES string of the molecule is CC(=O)C1(CC=N)C=C1. The van der Waals surface area contributed by atoms with Crippen LogP contribution < -0.4 is 0 Å². The molecule has 0 saturated heterocycles. The highest BCUT2D eigenvalue weighted by atomic mass is 16.1. The minimum atomic E-state index is -0.332. The number of carbonyl (C=O) groups is 1. The summed E-state index contributed by atoms with van der Waals surface area (Å²) in [6, 6.07) is 0. The van der Waals surface area contributed by atoms with Gasteiger partial charge < -0.3 is 5.41 Å². The predicted molar refractivity (Wildman–Crippen MR) is 35.7 cm³/mol. The van der Waals surface area contributed by atoms with Gasteiger partial charge >= 0.3 is 0 Å². The summed E-state index contributed by atoms with van der Waals surface area (Å²) >= 11 is 0. The van der Waals surface area contributed by atoms with Crippen LogP contribution in [0.25, 0.3) is 0 Å². The van der Waals surface area contributed by atoms with Crippen molar-refractivity contribution in [1.82, 2.24) is 0 Å². The van der Waals surface area contributed by atoms with Gasteiger partial charge in [-0.2, -0.15) is 0 Å².